The molecule has 1 aromatic rings. The summed E-state index contributed by atoms with van der Waals surface area (Å²) in [6.07, 6.45) is 0.285. The minimum absolute atomic E-state index is 0.0300. The van der Waals surface area contributed by atoms with E-state index in [1.807, 2.05) is 0 Å². The van der Waals surface area contributed by atoms with E-state index in [1.54, 1.807) is 18.2 Å². The van der Waals surface area contributed by atoms with E-state index in [0.717, 1.165) is 0 Å². The number of ketones is 1. The van der Waals surface area contributed by atoms with Crippen LogP contribution < -0.4 is 4.90 Å². The van der Waals surface area contributed by atoms with Crippen LogP contribution in [0.25, 0.3) is 0 Å². The van der Waals surface area contributed by atoms with Crippen molar-refractivity contribution < 1.29 is 19.5 Å². The summed E-state index contributed by atoms with van der Waals surface area (Å²) in [6.45, 7) is 0.229. The van der Waals surface area contributed by atoms with Gasteiger partial charge >= 0.3 is 5.97 Å². The molecular weight excluding hydrogens is 302 g/mol. The van der Waals surface area contributed by atoms with Gasteiger partial charge in [-0.1, -0.05) is 6.07 Å². The van der Waals surface area contributed by atoms with E-state index in [-0.39, 0.29) is 13.0 Å². The summed E-state index contributed by atoms with van der Waals surface area (Å²) in [4.78, 5) is 35.3. The van der Waals surface area contributed by atoms with Gasteiger partial charge in [-0.25, -0.2) is 0 Å². The van der Waals surface area contributed by atoms with Crippen molar-refractivity contribution in [2.75, 3.05) is 11.4 Å². The number of halogens is 1. The zero-order valence-electron chi connectivity index (χ0n) is 9.35. The van der Waals surface area contributed by atoms with Gasteiger partial charge in [-0.2, -0.15) is 0 Å². The van der Waals surface area contributed by atoms with E-state index in [1.165, 1.54) is 4.90 Å². The summed E-state index contributed by atoms with van der Waals surface area (Å²) in [5.74, 6) is -2.05. The van der Waals surface area contributed by atoms with Crippen LogP contribution in [0.15, 0.2) is 22.7 Å². The van der Waals surface area contributed by atoms with Gasteiger partial charge in [0, 0.05) is 17.4 Å². The smallest absolute Gasteiger partial charge is 0.303 e. The highest BCUT2D eigenvalue weighted by atomic mass is 79.9. The number of Topliss-reactive ketones (excluding diaryl/α,β-unsaturated/α-hetero) is 1. The summed E-state index contributed by atoms with van der Waals surface area (Å²) in [5.41, 5.74) is 0.905. The van der Waals surface area contributed by atoms with E-state index in [0.29, 0.717) is 22.1 Å². The quantitative estimate of drug-likeness (QED) is 0.861. The second-order valence-corrected chi connectivity index (χ2v) is 4.77. The number of para-hydroxylation sites is 1. The minimum Gasteiger partial charge on any atom is -0.481 e. The van der Waals surface area contributed by atoms with Crippen molar-refractivity contribution in [2.24, 2.45) is 0 Å². The van der Waals surface area contributed by atoms with Crippen LogP contribution >= 0.6 is 15.9 Å². The third-order valence-electron chi connectivity index (χ3n) is 2.71. The molecule has 5 nitrogen and oxygen atoms in total. The molecule has 0 radical (unpaired) electrons. The Morgan fingerprint density at radius 3 is 2.72 bits per heavy atom. The number of hydrogen-bond donors (Lipinski definition) is 1. The van der Waals surface area contributed by atoms with E-state index in [4.69, 9.17) is 5.11 Å². The van der Waals surface area contributed by atoms with Crippen LogP contribution in [-0.4, -0.2) is 29.3 Å². The third kappa shape index (κ3) is 2.15. The third-order valence-corrected chi connectivity index (χ3v) is 3.35. The Balaban J connectivity index is 2.25. The fourth-order valence-corrected chi connectivity index (χ4v) is 2.49. The second kappa shape index (κ2) is 4.89. The lowest BCUT2D eigenvalue weighted by Gasteiger charge is -2.16. The fourth-order valence-electron chi connectivity index (χ4n) is 1.91. The van der Waals surface area contributed by atoms with Gasteiger partial charge in [0.05, 0.1) is 11.3 Å². The van der Waals surface area contributed by atoms with E-state index >= 15 is 0 Å². The Morgan fingerprint density at radius 2 is 2.06 bits per heavy atom. The van der Waals surface area contributed by atoms with Crippen molar-refractivity contribution in [2.45, 2.75) is 12.8 Å². The molecule has 0 saturated carbocycles. The molecule has 0 fully saturated rings. The molecule has 1 aliphatic rings. The highest BCUT2D eigenvalue weighted by Crippen LogP contribution is 2.35. The van der Waals surface area contributed by atoms with Crippen LogP contribution in [0.3, 0.4) is 0 Å². The number of amides is 1. The molecule has 0 spiro atoms. The second-order valence-electron chi connectivity index (χ2n) is 3.92. The molecule has 6 heteroatoms. The number of fused-ring (bicyclic) bond motifs is 1. The average molecular weight is 312 g/mol. The van der Waals surface area contributed by atoms with Gasteiger partial charge in [0.2, 0.25) is 0 Å². The maximum Gasteiger partial charge on any atom is 0.303 e. The molecule has 1 amide bonds. The highest BCUT2D eigenvalue weighted by Gasteiger charge is 2.36. The molecule has 1 heterocycles. The van der Waals surface area contributed by atoms with Crippen LogP contribution in [0.5, 0.6) is 0 Å². The summed E-state index contributed by atoms with van der Waals surface area (Å²) in [6, 6.07) is 5.03. The van der Waals surface area contributed by atoms with Gasteiger partial charge in [-0.15, -0.1) is 0 Å². The first-order valence-corrected chi connectivity index (χ1v) is 6.18. The number of benzene rings is 1. The fraction of sp³-hybridized carbons (Fsp3) is 0.250. The number of carbonyl (C=O) groups excluding carboxylic acids is 2. The van der Waals surface area contributed by atoms with Crippen molar-refractivity contribution in [1.82, 2.24) is 0 Å². The molecule has 1 aromatic carbocycles. The molecule has 0 aliphatic carbocycles. The van der Waals surface area contributed by atoms with Crippen molar-refractivity contribution in [3.05, 3.63) is 28.2 Å². The molecule has 1 N–H and O–H groups in total. The first-order valence-electron chi connectivity index (χ1n) is 5.39. The normalized spacial score (nSPS) is 13.9. The molecule has 1 aliphatic heterocycles. The zero-order valence-corrected chi connectivity index (χ0v) is 10.9. The monoisotopic (exact) mass is 311 g/mol. The van der Waals surface area contributed by atoms with Crippen LogP contribution in [0.4, 0.5) is 5.69 Å². The summed E-state index contributed by atoms with van der Waals surface area (Å²) in [5, 5.41) is 8.58. The Bertz CT molecular complexity index is 541. The van der Waals surface area contributed by atoms with Gasteiger partial charge < -0.3 is 10.0 Å². The van der Waals surface area contributed by atoms with Crippen LogP contribution in [0.1, 0.15) is 23.2 Å². The molecular formula is C12H10BrNO4. The molecule has 18 heavy (non-hydrogen) atoms. The van der Waals surface area contributed by atoms with Crippen LogP contribution in [0.2, 0.25) is 0 Å². The minimum atomic E-state index is -0.916. The first kappa shape index (κ1) is 12.8. The first-order chi connectivity index (χ1) is 8.52. The number of carbonyl (C=O) groups is 3. The standard InChI is InChI=1S/C12H10BrNO4/c13-8-4-1-3-7-10(8)14(12(18)11(7)17)6-2-5-9(15)16/h1,3-4H,2,5-6H2,(H,15,16). The molecule has 0 atom stereocenters. The molecule has 2 rings (SSSR count). The van der Waals surface area contributed by atoms with Crippen molar-refractivity contribution in [1.29, 1.82) is 0 Å². The Hall–Kier alpha value is -1.69. The zero-order chi connectivity index (χ0) is 13.3. The Morgan fingerprint density at radius 1 is 1.33 bits per heavy atom. The Labute approximate surface area is 112 Å². The van der Waals surface area contributed by atoms with Gasteiger partial charge in [-0.05, 0) is 34.5 Å². The number of carboxylic acid groups (broad SMARTS) is 1. The SMILES string of the molecule is O=C(O)CCCN1C(=O)C(=O)c2cccc(Br)c21. The topological polar surface area (TPSA) is 74.7 Å². The molecule has 0 saturated heterocycles. The summed E-state index contributed by atoms with van der Waals surface area (Å²) < 4.78 is 0.662. The lowest BCUT2D eigenvalue weighted by Crippen LogP contribution is -2.31. The predicted molar refractivity (Wildman–Crippen MR) is 67.7 cm³/mol. The predicted octanol–water partition coefficient (Wildman–Crippen LogP) is 1.84. The summed E-state index contributed by atoms with van der Waals surface area (Å²) in [7, 11) is 0. The van der Waals surface area contributed by atoms with E-state index < -0.39 is 17.7 Å². The number of anilines is 1. The van der Waals surface area contributed by atoms with Crippen LogP contribution in [-0.2, 0) is 9.59 Å². The van der Waals surface area contributed by atoms with Crippen LogP contribution in [0, 0.1) is 0 Å². The summed E-state index contributed by atoms with van der Waals surface area (Å²) >= 11 is 3.30. The lowest BCUT2D eigenvalue weighted by molar-refractivity contribution is -0.137. The Kier molecular flexibility index (Phi) is 3.47. The molecule has 0 aromatic heterocycles. The van der Waals surface area contributed by atoms with Gasteiger partial charge in [0.15, 0.2) is 0 Å². The average Bonchev–Trinajstić information content (AvgIpc) is 2.55. The van der Waals surface area contributed by atoms with Gasteiger partial charge in [0.1, 0.15) is 0 Å². The number of hydrogen-bond acceptors (Lipinski definition) is 3. The van der Waals surface area contributed by atoms with E-state index in [9.17, 15) is 14.4 Å². The largest absolute Gasteiger partial charge is 0.481 e. The van der Waals surface area contributed by atoms with Gasteiger partial charge in [-0.3, -0.25) is 14.4 Å². The van der Waals surface area contributed by atoms with Crippen molar-refractivity contribution >= 4 is 39.3 Å². The highest BCUT2D eigenvalue weighted by molar-refractivity contribution is 9.10. The van der Waals surface area contributed by atoms with Crippen molar-refractivity contribution in [3.63, 3.8) is 0 Å². The molecule has 0 bridgehead atoms. The number of rotatable bonds is 4. The molecule has 0 unspecified atom stereocenters. The molecule has 94 valence electrons. The van der Waals surface area contributed by atoms with Crippen molar-refractivity contribution in [3.8, 4) is 0 Å². The van der Waals surface area contributed by atoms with Gasteiger partial charge in [0.25, 0.3) is 11.7 Å². The lowest BCUT2D eigenvalue weighted by atomic mass is 10.1. The number of aliphatic carboxylic acids is 1. The number of nitrogens with zero attached hydrogens (tertiary/aromatic N) is 1. The maximum absolute atomic E-state index is 11.8. The van der Waals surface area contributed by atoms with E-state index in [2.05, 4.69) is 15.9 Å². The maximum atomic E-state index is 11.8. The number of carboxylic acids is 1.